The number of hydrogen-bond acceptors (Lipinski definition) is 3. The largest absolute Gasteiger partial charge is 0.495 e. The number of carbonyl (C=O) groups excluding carboxylic acids is 1. The second-order valence-corrected chi connectivity index (χ2v) is 6.69. The number of anilines is 1. The second kappa shape index (κ2) is 6.83. The molecule has 0 spiro atoms. The van der Waals surface area contributed by atoms with E-state index in [-0.39, 0.29) is 23.4 Å². The van der Waals surface area contributed by atoms with Gasteiger partial charge in [-0.1, -0.05) is 26.8 Å². The summed E-state index contributed by atoms with van der Waals surface area (Å²) in [5.74, 6) is 0.723. The van der Waals surface area contributed by atoms with Crippen molar-refractivity contribution in [3.05, 3.63) is 23.8 Å². The second-order valence-electron chi connectivity index (χ2n) is 6.69. The minimum Gasteiger partial charge on any atom is -0.495 e. The van der Waals surface area contributed by atoms with Crippen LogP contribution < -0.4 is 15.4 Å². The van der Waals surface area contributed by atoms with Gasteiger partial charge in [-0.15, -0.1) is 0 Å². The maximum absolute atomic E-state index is 12.0. The quantitative estimate of drug-likeness (QED) is 0.875. The number of ether oxygens (including phenoxy) is 1. The summed E-state index contributed by atoms with van der Waals surface area (Å²) in [5, 5.41) is 6.14. The highest BCUT2D eigenvalue weighted by Gasteiger charge is 2.19. The molecule has 0 saturated heterocycles. The fourth-order valence-electron chi connectivity index (χ4n) is 2.00. The van der Waals surface area contributed by atoms with Gasteiger partial charge in [0.25, 0.3) is 0 Å². The number of carbonyl (C=O) groups is 1. The minimum absolute atomic E-state index is 0.0202. The maximum Gasteiger partial charge on any atom is 0.242 e. The van der Waals surface area contributed by atoms with Crippen LogP contribution in [-0.4, -0.2) is 25.1 Å². The molecule has 2 N–H and O–H groups in total. The highest BCUT2D eigenvalue weighted by atomic mass is 16.5. The molecular weight excluding hydrogens is 264 g/mol. The summed E-state index contributed by atoms with van der Waals surface area (Å²) in [5.41, 5.74) is 2.09. The Labute approximate surface area is 128 Å². The number of benzene rings is 1. The van der Waals surface area contributed by atoms with Crippen molar-refractivity contribution < 1.29 is 9.53 Å². The molecule has 4 nitrogen and oxygen atoms in total. The first-order valence-corrected chi connectivity index (χ1v) is 7.40. The number of amides is 1. The van der Waals surface area contributed by atoms with E-state index in [1.165, 1.54) is 5.56 Å². The van der Waals surface area contributed by atoms with Crippen LogP contribution in [0.25, 0.3) is 0 Å². The molecule has 118 valence electrons. The molecule has 0 fully saturated rings. The Hall–Kier alpha value is -1.71. The van der Waals surface area contributed by atoms with E-state index in [1.54, 1.807) is 7.11 Å². The summed E-state index contributed by atoms with van der Waals surface area (Å²) < 4.78 is 5.38. The van der Waals surface area contributed by atoms with Gasteiger partial charge in [-0.25, -0.2) is 0 Å². The van der Waals surface area contributed by atoms with Gasteiger partial charge in [0.15, 0.2) is 0 Å². The molecule has 0 bridgehead atoms. The molecule has 1 aromatic carbocycles. The lowest BCUT2D eigenvalue weighted by Gasteiger charge is -2.23. The zero-order chi connectivity index (χ0) is 16.2. The number of nitrogens with one attached hydrogen (secondary N) is 2. The lowest BCUT2D eigenvalue weighted by atomic mass is 9.86. The van der Waals surface area contributed by atoms with Crippen molar-refractivity contribution in [3.8, 4) is 5.75 Å². The van der Waals surface area contributed by atoms with Gasteiger partial charge in [-0.3, -0.25) is 4.79 Å². The average molecular weight is 292 g/mol. The third-order valence-corrected chi connectivity index (χ3v) is 3.26. The van der Waals surface area contributed by atoms with Crippen LogP contribution in [-0.2, 0) is 10.2 Å². The Balaban J connectivity index is 2.97. The van der Waals surface area contributed by atoms with E-state index in [0.717, 1.165) is 11.4 Å². The molecule has 4 heteroatoms. The van der Waals surface area contributed by atoms with Gasteiger partial charge in [0.05, 0.1) is 12.8 Å². The third kappa shape index (κ3) is 4.96. The summed E-state index contributed by atoms with van der Waals surface area (Å²) >= 11 is 0. The van der Waals surface area contributed by atoms with Crippen LogP contribution in [0.1, 0.15) is 47.1 Å². The maximum atomic E-state index is 12.0. The summed E-state index contributed by atoms with van der Waals surface area (Å²) in [6, 6.07) is 5.86. The van der Waals surface area contributed by atoms with Crippen molar-refractivity contribution in [2.45, 2.75) is 59.0 Å². The predicted molar refractivity (Wildman–Crippen MR) is 88.1 cm³/mol. The molecule has 0 saturated carbocycles. The van der Waals surface area contributed by atoms with Crippen molar-refractivity contribution in [3.63, 3.8) is 0 Å². The molecule has 0 radical (unpaired) electrons. The van der Waals surface area contributed by atoms with Gasteiger partial charge >= 0.3 is 0 Å². The fraction of sp³-hybridized carbons (Fsp3) is 0.588. The van der Waals surface area contributed by atoms with Gasteiger partial charge in [0.1, 0.15) is 11.8 Å². The first kappa shape index (κ1) is 17.3. The average Bonchev–Trinajstić information content (AvgIpc) is 2.36. The zero-order valence-corrected chi connectivity index (χ0v) is 14.2. The molecule has 0 aliphatic rings. The van der Waals surface area contributed by atoms with Crippen molar-refractivity contribution in [2.75, 3.05) is 12.4 Å². The van der Waals surface area contributed by atoms with Gasteiger partial charge in [0, 0.05) is 6.04 Å². The molecule has 1 amide bonds. The van der Waals surface area contributed by atoms with E-state index in [2.05, 4.69) is 43.5 Å². The number of methoxy groups -OCH3 is 1. The molecule has 0 heterocycles. The van der Waals surface area contributed by atoms with Crippen molar-refractivity contribution >= 4 is 11.6 Å². The van der Waals surface area contributed by atoms with E-state index in [9.17, 15) is 4.79 Å². The van der Waals surface area contributed by atoms with Gasteiger partial charge in [-0.05, 0) is 43.9 Å². The van der Waals surface area contributed by atoms with Crippen molar-refractivity contribution in [1.82, 2.24) is 5.32 Å². The highest BCUT2D eigenvalue weighted by molar-refractivity contribution is 5.85. The highest BCUT2D eigenvalue weighted by Crippen LogP contribution is 2.31. The van der Waals surface area contributed by atoms with Gasteiger partial charge < -0.3 is 15.4 Å². The Morgan fingerprint density at radius 2 is 1.81 bits per heavy atom. The molecule has 0 aliphatic heterocycles. The lowest BCUT2D eigenvalue weighted by Crippen LogP contribution is -2.41. The van der Waals surface area contributed by atoms with Crippen LogP contribution in [0.3, 0.4) is 0 Å². The summed E-state index contributed by atoms with van der Waals surface area (Å²) in [7, 11) is 1.64. The number of rotatable bonds is 5. The smallest absolute Gasteiger partial charge is 0.242 e. The molecule has 0 aromatic heterocycles. The predicted octanol–water partition coefficient (Wildman–Crippen LogP) is 3.32. The first-order chi connectivity index (χ1) is 9.65. The van der Waals surface area contributed by atoms with E-state index in [1.807, 2.05) is 26.8 Å². The molecule has 0 aliphatic carbocycles. The van der Waals surface area contributed by atoms with E-state index in [4.69, 9.17) is 4.74 Å². The van der Waals surface area contributed by atoms with Gasteiger partial charge in [0.2, 0.25) is 5.91 Å². The molecule has 0 unspecified atom stereocenters. The van der Waals surface area contributed by atoms with Crippen molar-refractivity contribution in [2.24, 2.45) is 0 Å². The topological polar surface area (TPSA) is 50.4 Å². The van der Waals surface area contributed by atoms with Crippen molar-refractivity contribution in [1.29, 1.82) is 0 Å². The Kier molecular flexibility index (Phi) is 5.64. The Morgan fingerprint density at radius 3 is 2.29 bits per heavy atom. The minimum atomic E-state index is -0.323. The van der Waals surface area contributed by atoms with Crippen LogP contribution in [0.4, 0.5) is 5.69 Å². The summed E-state index contributed by atoms with van der Waals surface area (Å²) in [4.78, 5) is 12.0. The summed E-state index contributed by atoms with van der Waals surface area (Å²) in [6.07, 6.45) is 0. The molecule has 1 rings (SSSR count). The molecule has 1 aromatic rings. The molecule has 1 atom stereocenters. The number of hydrogen-bond donors (Lipinski definition) is 2. The zero-order valence-electron chi connectivity index (χ0n) is 14.2. The van der Waals surface area contributed by atoms with Crippen LogP contribution in [0, 0.1) is 0 Å². The van der Waals surface area contributed by atoms with E-state index < -0.39 is 0 Å². The monoisotopic (exact) mass is 292 g/mol. The Morgan fingerprint density at radius 1 is 1.19 bits per heavy atom. The van der Waals surface area contributed by atoms with Crippen LogP contribution in [0.2, 0.25) is 0 Å². The molecular formula is C17H28N2O2. The van der Waals surface area contributed by atoms with Crippen LogP contribution >= 0.6 is 0 Å². The van der Waals surface area contributed by atoms with E-state index >= 15 is 0 Å². The van der Waals surface area contributed by atoms with Crippen LogP contribution in [0.5, 0.6) is 5.75 Å². The molecule has 21 heavy (non-hydrogen) atoms. The fourth-order valence-corrected chi connectivity index (χ4v) is 2.00. The van der Waals surface area contributed by atoms with Gasteiger partial charge in [-0.2, -0.15) is 0 Å². The standard InChI is InChI=1S/C17H28N2O2/c1-11(2)18-16(20)12(3)19-14-10-13(17(4,5)6)8-9-15(14)21-7/h8-12,19H,1-7H3,(H,18,20)/t12-/m0/s1. The van der Waals surface area contributed by atoms with Crippen LogP contribution in [0.15, 0.2) is 18.2 Å². The normalized spacial score (nSPS) is 13.0. The SMILES string of the molecule is COc1ccc(C(C)(C)C)cc1N[C@@H](C)C(=O)NC(C)C. The Bertz CT molecular complexity index is 490. The lowest BCUT2D eigenvalue weighted by molar-refractivity contribution is -0.122. The first-order valence-electron chi connectivity index (χ1n) is 7.40. The van der Waals surface area contributed by atoms with E-state index in [0.29, 0.717) is 0 Å². The summed E-state index contributed by atoms with van der Waals surface area (Å²) in [6.45, 7) is 12.2. The third-order valence-electron chi connectivity index (χ3n) is 3.26.